The number of rotatable bonds is 1. The smallest absolute Gasteiger partial charge is 0.207 e. The summed E-state index contributed by atoms with van der Waals surface area (Å²) in [6.45, 7) is 0. The Balaban J connectivity index is 3.09. The maximum atomic E-state index is 12.6. The number of hydrogen-bond acceptors (Lipinski definition) is 1. The van der Waals surface area contributed by atoms with Crippen LogP contribution in [0.4, 0.5) is 17.6 Å². The van der Waals surface area contributed by atoms with E-state index in [1.54, 1.807) is 0 Å². The average Bonchev–Trinajstić information content (AvgIpc) is 2.02. The number of alkyl halides is 3. The molecule has 0 bridgehead atoms. The maximum Gasteiger partial charge on any atom is 0.408 e. The van der Waals surface area contributed by atoms with Gasteiger partial charge in [-0.3, -0.25) is 0 Å². The van der Waals surface area contributed by atoms with Crippen LogP contribution in [0.3, 0.4) is 0 Å². The first-order valence-corrected chi connectivity index (χ1v) is 3.67. The molecule has 0 aliphatic carbocycles. The summed E-state index contributed by atoms with van der Waals surface area (Å²) in [4.78, 5) is 0. The van der Waals surface area contributed by atoms with Crippen molar-refractivity contribution in [1.29, 1.82) is 5.26 Å². The van der Waals surface area contributed by atoms with E-state index in [-0.39, 0.29) is 5.56 Å². The Labute approximate surface area is 77.6 Å². The Hall–Kier alpha value is -1.57. The molecule has 0 amide bonds. The van der Waals surface area contributed by atoms with Gasteiger partial charge in [-0.2, -0.15) is 18.4 Å². The molecule has 0 heterocycles. The molecule has 1 aromatic rings. The fraction of sp³-hybridized carbons (Fsp3) is 0.222. The van der Waals surface area contributed by atoms with Gasteiger partial charge in [0.2, 0.25) is 0 Å². The molecule has 1 aromatic carbocycles. The first-order valence-electron chi connectivity index (χ1n) is 3.67. The molecule has 0 aromatic heterocycles. The van der Waals surface area contributed by atoms with Crippen LogP contribution in [-0.2, 0) is 0 Å². The molecule has 14 heavy (non-hydrogen) atoms. The van der Waals surface area contributed by atoms with E-state index in [9.17, 15) is 17.6 Å². The SMILES string of the molecule is N#CC(c1cccc(F)c1)C(F)(F)F. The fourth-order valence-electron chi connectivity index (χ4n) is 1.02. The second kappa shape index (κ2) is 3.66. The number of nitrogens with zero attached hydrogens (tertiary/aromatic N) is 1. The Bertz CT molecular complexity index is 364. The molecule has 0 N–H and O–H groups in total. The van der Waals surface area contributed by atoms with Crippen LogP contribution in [-0.4, -0.2) is 6.18 Å². The standard InChI is InChI=1S/C9H5F4N/c10-7-3-1-2-6(4-7)8(5-14)9(11,12)13/h1-4,8H. The van der Waals surface area contributed by atoms with Gasteiger partial charge in [-0.15, -0.1) is 0 Å². The van der Waals surface area contributed by atoms with Gasteiger partial charge in [-0.25, -0.2) is 4.39 Å². The molecule has 1 atom stereocenters. The molecule has 1 rings (SSSR count). The topological polar surface area (TPSA) is 23.8 Å². The summed E-state index contributed by atoms with van der Waals surface area (Å²) in [5.41, 5.74) is -0.375. The third-order valence-electron chi connectivity index (χ3n) is 1.64. The molecular formula is C9H5F4N. The lowest BCUT2D eigenvalue weighted by Gasteiger charge is -2.12. The first-order chi connectivity index (χ1) is 6.45. The van der Waals surface area contributed by atoms with Crippen molar-refractivity contribution >= 4 is 0 Å². The third-order valence-corrected chi connectivity index (χ3v) is 1.64. The molecule has 0 saturated heterocycles. The van der Waals surface area contributed by atoms with Crippen molar-refractivity contribution in [2.75, 3.05) is 0 Å². The number of benzene rings is 1. The van der Waals surface area contributed by atoms with Crippen LogP contribution in [0.2, 0.25) is 0 Å². The quantitative estimate of drug-likeness (QED) is 0.643. The zero-order valence-corrected chi connectivity index (χ0v) is 6.85. The molecule has 0 saturated carbocycles. The van der Waals surface area contributed by atoms with Crippen LogP contribution < -0.4 is 0 Å². The van der Waals surface area contributed by atoms with E-state index in [0.717, 1.165) is 24.3 Å². The van der Waals surface area contributed by atoms with E-state index in [4.69, 9.17) is 5.26 Å². The predicted octanol–water partition coefficient (Wildman–Crippen LogP) is 3.00. The summed E-state index contributed by atoms with van der Waals surface area (Å²) in [6.07, 6.45) is -4.66. The summed E-state index contributed by atoms with van der Waals surface area (Å²) in [5.74, 6) is -3.05. The van der Waals surface area contributed by atoms with Crippen LogP contribution in [0.5, 0.6) is 0 Å². The van der Waals surface area contributed by atoms with Gasteiger partial charge < -0.3 is 0 Å². The zero-order chi connectivity index (χ0) is 10.8. The van der Waals surface area contributed by atoms with Crippen molar-refractivity contribution in [2.45, 2.75) is 12.1 Å². The van der Waals surface area contributed by atoms with Crippen LogP contribution in [0.15, 0.2) is 24.3 Å². The highest BCUT2D eigenvalue weighted by atomic mass is 19.4. The van der Waals surface area contributed by atoms with Gasteiger partial charge in [0.25, 0.3) is 0 Å². The van der Waals surface area contributed by atoms with Gasteiger partial charge in [0.15, 0.2) is 5.92 Å². The van der Waals surface area contributed by atoms with E-state index in [1.807, 2.05) is 0 Å². The van der Waals surface area contributed by atoms with E-state index >= 15 is 0 Å². The highest BCUT2D eigenvalue weighted by Gasteiger charge is 2.41. The monoisotopic (exact) mass is 203 g/mol. The molecule has 0 aliphatic heterocycles. The Morgan fingerprint density at radius 3 is 2.36 bits per heavy atom. The second-order valence-corrected chi connectivity index (χ2v) is 2.66. The van der Waals surface area contributed by atoms with E-state index in [2.05, 4.69) is 0 Å². The minimum absolute atomic E-state index is 0.375. The highest BCUT2D eigenvalue weighted by molar-refractivity contribution is 5.27. The molecule has 0 aliphatic rings. The van der Waals surface area contributed by atoms with Crippen molar-refractivity contribution in [1.82, 2.24) is 0 Å². The van der Waals surface area contributed by atoms with Crippen molar-refractivity contribution < 1.29 is 17.6 Å². The van der Waals surface area contributed by atoms with Crippen LogP contribution in [0, 0.1) is 17.1 Å². The molecule has 74 valence electrons. The Morgan fingerprint density at radius 2 is 1.93 bits per heavy atom. The molecule has 0 radical (unpaired) electrons. The lowest BCUT2D eigenvalue weighted by atomic mass is 10.0. The largest absolute Gasteiger partial charge is 0.408 e. The lowest BCUT2D eigenvalue weighted by molar-refractivity contribution is -0.137. The maximum absolute atomic E-state index is 12.6. The first kappa shape index (κ1) is 10.5. The molecule has 5 heteroatoms. The summed E-state index contributed by atoms with van der Waals surface area (Å²) in [7, 11) is 0. The molecule has 0 fully saturated rings. The van der Waals surface area contributed by atoms with Gasteiger partial charge in [-0.05, 0) is 17.7 Å². The molecule has 1 unspecified atom stereocenters. The normalized spacial score (nSPS) is 13.4. The minimum atomic E-state index is -4.66. The van der Waals surface area contributed by atoms with Crippen molar-refractivity contribution in [3.05, 3.63) is 35.6 Å². The fourth-order valence-corrected chi connectivity index (χ4v) is 1.02. The average molecular weight is 203 g/mol. The van der Waals surface area contributed by atoms with Gasteiger partial charge in [0.1, 0.15) is 5.82 Å². The molecular weight excluding hydrogens is 198 g/mol. The number of nitriles is 1. The third kappa shape index (κ3) is 2.22. The summed E-state index contributed by atoms with van der Waals surface area (Å²) < 4.78 is 49.2. The lowest BCUT2D eigenvalue weighted by Crippen LogP contribution is -2.19. The van der Waals surface area contributed by atoms with Gasteiger partial charge in [0.05, 0.1) is 6.07 Å². The van der Waals surface area contributed by atoms with Crippen molar-refractivity contribution in [3.8, 4) is 6.07 Å². The van der Waals surface area contributed by atoms with E-state index < -0.39 is 17.9 Å². The van der Waals surface area contributed by atoms with Gasteiger partial charge in [0, 0.05) is 0 Å². The Kier molecular flexibility index (Phi) is 2.75. The molecule has 1 nitrogen and oxygen atoms in total. The minimum Gasteiger partial charge on any atom is -0.207 e. The van der Waals surface area contributed by atoms with Gasteiger partial charge in [-0.1, -0.05) is 12.1 Å². The van der Waals surface area contributed by atoms with Gasteiger partial charge >= 0.3 is 6.18 Å². The Morgan fingerprint density at radius 1 is 1.29 bits per heavy atom. The van der Waals surface area contributed by atoms with Crippen molar-refractivity contribution in [3.63, 3.8) is 0 Å². The highest BCUT2D eigenvalue weighted by Crippen LogP contribution is 2.34. The van der Waals surface area contributed by atoms with Crippen LogP contribution >= 0.6 is 0 Å². The molecule has 0 spiro atoms. The van der Waals surface area contributed by atoms with Crippen LogP contribution in [0.1, 0.15) is 11.5 Å². The second-order valence-electron chi connectivity index (χ2n) is 2.66. The van der Waals surface area contributed by atoms with E-state index in [1.165, 1.54) is 0 Å². The predicted molar refractivity (Wildman–Crippen MR) is 40.8 cm³/mol. The van der Waals surface area contributed by atoms with Crippen molar-refractivity contribution in [2.24, 2.45) is 0 Å². The number of halogens is 4. The number of hydrogen-bond donors (Lipinski definition) is 0. The summed E-state index contributed by atoms with van der Waals surface area (Å²) in [5, 5.41) is 8.31. The van der Waals surface area contributed by atoms with E-state index in [0.29, 0.717) is 6.07 Å². The summed E-state index contributed by atoms with van der Waals surface area (Å²) in [6, 6.07) is 5.04. The van der Waals surface area contributed by atoms with Crippen LogP contribution in [0.25, 0.3) is 0 Å². The zero-order valence-electron chi connectivity index (χ0n) is 6.85. The summed E-state index contributed by atoms with van der Waals surface area (Å²) >= 11 is 0.